The SMILES string of the molecule is CS(=O)(=O)O.Cc1ccc(NC(=O)NCCCCN2CCN(c3csc4cc(C)ccc34)CC2)cc1. The predicted molar refractivity (Wildman–Crippen MR) is 150 cm³/mol. The van der Waals surface area contributed by atoms with Crippen LogP contribution < -0.4 is 15.5 Å². The lowest BCUT2D eigenvalue weighted by molar-refractivity contribution is 0.247. The van der Waals surface area contributed by atoms with Gasteiger partial charge in [0.1, 0.15) is 0 Å². The molecule has 2 heterocycles. The number of amides is 2. The van der Waals surface area contributed by atoms with Crippen LogP contribution in [0.3, 0.4) is 0 Å². The largest absolute Gasteiger partial charge is 0.368 e. The Kier molecular flexibility index (Phi) is 10.1. The Bertz CT molecular complexity index is 1230. The van der Waals surface area contributed by atoms with E-state index in [2.05, 4.69) is 50.9 Å². The summed E-state index contributed by atoms with van der Waals surface area (Å²) < 4.78 is 27.3. The third-order valence-corrected chi connectivity index (χ3v) is 6.85. The second-order valence-electron chi connectivity index (χ2n) is 9.14. The molecule has 0 aliphatic carbocycles. The van der Waals surface area contributed by atoms with E-state index in [-0.39, 0.29) is 6.03 Å². The lowest BCUT2D eigenvalue weighted by Crippen LogP contribution is -2.46. The topological polar surface area (TPSA) is 102 Å². The van der Waals surface area contributed by atoms with Gasteiger partial charge in [-0.25, -0.2) is 4.79 Å². The minimum absolute atomic E-state index is 0.129. The van der Waals surface area contributed by atoms with E-state index in [4.69, 9.17) is 4.55 Å². The Morgan fingerprint density at radius 1 is 1.00 bits per heavy atom. The molecule has 2 amide bonds. The molecule has 0 atom stereocenters. The first-order valence-corrected chi connectivity index (χ1v) is 14.8. The minimum atomic E-state index is -3.67. The molecular weight excluding hydrogens is 496 g/mol. The molecule has 3 N–H and O–H groups in total. The first-order chi connectivity index (χ1) is 17.1. The summed E-state index contributed by atoms with van der Waals surface area (Å²) >= 11 is 1.85. The maximum absolute atomic E-state index is 12.0. The summed E-state index contributed by atoms with van der Waals surface area (Å²) in [4.78, 5) is 17.1. The number of carbonyl (C=O) groups excluding carboxylic acids is 1. The molecule has 10 heteroatoms. The van der Waals surface area contributed by atoms with Crippen molar-refractivity contribution in [3.8, 4) is 0 Å². The highest BCUT2D eigenvalue weighted by atomic mass is 32.2. The van der Waals surface area contributed by atoms with E-state index < -0.39 is 10.1 Å². The van der Waals surface area contributed by atoms with E-state index in [9.17, 15) is 13.2 Å². The Morgan fingerprint density at radius 2 is 1.64 bits per heavy atom. The molecule has 36 heavy (non-hydrogen) atoms. The summed E-state index contributed by atoms with van der Waals surface area (Å²) in [6, 6.07) is 14.5. The van der Waals surface area contributed by atoms with Crippen molar-refractivity contribution in [3.63, 3.8) is 0 Å². The average Bonchev–Trinajstić information content (AvgIpc) is 3.23. The third-order valence-electron chi connectivity index (χ3n) is 5.92. The number of nitrogens with zero attached hydrogens (tertiary/aromatic N) is 2. The van der Waals surface area contributed by atoms with E-state index in [0.29, 0.717) is 12.8 Å². The third kappa shape index (κ3) is 9.42. The highest BCUT2D eigenvalue weighted by Crippen LogP contribution is 2.34. The summed E-state index contributed by atoms with van der Waals surface area (Å²) in [6.07, 6.45) is 2.81. The highest BCUT2D eigenvalue weighted by molar-refractivity contribution is 7.85. The maximum Gasteiger partial charge on any atom is 0.319 e. The molecule has 0 bridgehead atoms. The molecule has 1 aliphatic rings. The van der Waals surface area contributed by atoms with Gasteiger partial charge in [0.05, 0.1) is 11.9 Å². The van der Waals surface area contributed by atoms with Crippen molar-refractivity contribution >= 4 is 48.9 Å². The van der Waals surface area contributed by atoms with Gasteiger partial charge in [-0.15, -0.1) is 11.3 Å². The van der Waals surface area contributed by atoms with Gasteiger partial charge in [-0.05, 0) is 57.0 Å². The monoisotopic (exact) mass is 532 g/mol. The fraction of sp³-hybridized carbons (Fsp3) is 0.423. The molecule has 2 aromatic carbocycles. The summed E-state index contributed by atoms with van der Waals surface area (Å²) in [5.41, 5.74) is 4.73. The first kappa shape index (κ1) is 27.9. The molecule has 0 spiro atoms. The summed E-state index contributed by atoms with van der Waals surface area (Å²) in [6.45, 7) is 10.4. The Hall–Kier alpha value is -2.66. The number of urea groups is 1. The van der Waals surface area contributed by atoms with Crippen molar-refractivity contribution in [3.05, 3.63) is 59.0 Å². The number of aryl methyl sites for hydroxylation is 2. The van der Waals surface area contributed by atoms with Crippen molar-refractivity contribution in [1.82, 2.24) is 10.2 Å². The van der Waals surface area contributed by atoms with Gasteiger partial charge >= 0.3 is 6.03 Å². The average molecular weight is 533 g/mol. The molecule has 1 fully saturated rings. The number of hydrogen-bond acceptors (Lipinski definition) is 6. The molecule has 196 valence electrons. The quantitative estimate of drug-likeness (QED) is 0.300. The molecule has 0 saturated carbocycles. The van der Waals surface area contributed by atoms with Gasteiger partial charge in [-0.3, -0.25) is 9.45 Å². The van der Waals surface area contributed by atoms with E-state index in [0.717, 1.165) is 51.3 Å². The molecule has 3 aromatic rings. The van der Waals surface area contributed by atoms with Gasteiger partial charge in [0, 0.05) is 53.9 Å². The minimum Gasteiger partial charge on any atom is -0.368 e. The van der Waals surface area contributed by atoms with E-state index >= 15 is 0 Å². The predicted octanol–water partition coefficient (Wildman–Crippen LogP) is 4.75. The van der Waals surface area contributed by atoms with Crippen molar-refractivity contribution in [2.45, 2.75) is 26.7 Å². The van der Waals surface area contributed by atoms with Crippen LogP contribution in [0.5, 0.6) is 0 Å². The van der Waals surface area contributed by atoms with Gasteiger partial charge in [0.2, 0.25) is 0 Å². The van der Waals surface area contributed by atoms with Crippen LogP contribution in [-0.2, 0) is 10.1 Å². The molecule has 0 unspecified atom stereocenters. The first-order valence-electron chi connectivity index (χ1n) is 12.1. The van der Waals surface area contributed by atoms with Crippen molar-refractivity contribution in [2.24, 2.45) is 0 Å². The van der Waals surface area contributed by atoms with Crippen molar-refractivity contribution < 1.29 is 17.8 Å². The van der Waals surface area contributed by atoms with Crippen LogP contribution in [0.2, 0.25) is 0 Å². The number of anilines is 2. The second-order valence-corrected chi connectivity index (χ2v) is 11.5. The van der Waals surface area contributed by atoms with Gasteiger partial charge in [0.25, 0.3) is 10.1 Å². The molecule has 8 nitrogen and oxygen atoms in total. The van der Waals surface area contributed by atoms with Crippen molar-refractivity contribution in [1.29, 1.82) is 0 Å². The van der Waals surface area contributed by atoms with Gasteiger partial charge in [-0.2, -0.15) is 8.42 Å². The maximum atomic E-state index is 12.0. The van der Waals surface area contributed by atoms with Crippen LogP contribution in [0.1, 0.15) is 24.0 Å². The van der Waals surface area contributed by atoms with Crippen LogP contribution in [0.25, 0.3) is 10.1 Å². The molecule has 0 radical (unpaired) electrons. The number of piperazine rings is 1. The van der Waals surface area contributed by atoms with E-state index in [1.54, 1.807) is 0 Å². The zero-order chi connectivity index (χ0) is 26.1. The molecular formula is C26H36N4O4S2. The van der Waals surface area contributed by atoms with E-state index in [1.807, 2.05) is 42.5 Å². The number of benzene rings is 2. The highest BCUT2D eigenvalue weighted by Gasteiger charge is 2.19. The van der Waals surface area contributed by atoms with E-state index in [1.165, 1.54) is 26.9 Å². The summed E-state index contributed by atoms with van der Waals surface area (Å²) in [7, 11) is -3.67. The standard InChI is InChI=1S/C25H32N4OS.CH4O3S/c1-19-5-8-21(9-6-19)27-25(30)26-11-3-4-12-28-13-15-29(16-14-28)23-18-31-24-17-20(2)7-10-22(23)24;1-5(2,3)4/h5-10,17-18H,3-4,11-16H2,1-2H3,(H2,26,27,30);1H3,(H,2,3,4). The molecule has 4 rings (SSSR count). The molecule has 1 aromatic heterocycles. The zero-order valence-electron chi connectivity index (χ0n) is 21.2. The van der Waals surface area contributed by atoms with Crippen LogP contribution >= 0.6 is 11.3 Å². The number of fused-ring (bicyclic) bond motifs is 1. The van der Waals surface area contributed by atoms with Crippen LogP contribution in [-0.4, -0.2) is 69.4 Å². The molecule has 1 saturated heterocycles. The van der Waals surface area contributed by atoms with Crippen molar-refractivity contribution in [2.75, 3.05) is 55.7 Å². The number of nitrogens with one attached hydrogen (secondary N) is 2. The summed E-state index contributed by atoms with van der Waals surface area (Å²) in [5.74, 6) is 0. The second kappa shape index (κ2) is 13.0. The molecule has 1 aliphatic heterocycles. The van der Waals surface area contributed by atoms with Crippen LogP contribution in [0.4, 0.5) is 16.2 Å². The lowest BCUT2D eigenvalue weighted by atomic mass is 10.1. The Labute approximate surface area is 218 Å². The number of thiophene rings is 1. The van der Waals surface area contributed by atoms with Gasteiger partial charge < -0.3 is 15.5 Å². The summed E-state index contributed by atoms with van der Waals surface area (Å²) in [5, 5.41) is 9.53. The number of rotatable bonds is 7. The van der Waals surface area contributed by atoms with Gasteiger partial charge in [0.15, 0.2) is 0 Å². The van der Waals surface area contributed by atoms with Gasteiger partial charge in [-0.1, -0.05) is 29.8 Å². The van der Waals surface area contributed by atoms with Crippen LogP contribution in [0, 0.1) is 13.8 Å². The fourth-order valence-electron chi connectivity index (χ4n) is 4.05. The number of carbonyl (C=O) groups is 1. The lowest BCUT2D eigenvalue weighted by Gasteiger charge is -2.35. The normalized spacial score (nSPS) is 14.3. The Balaban J connectivity index is 0.000000658. The Morgan fingerprint density at radius 3 is 2.31 bits per heavy atom. The number of hydrogen-bond donors (Lipinski definition) is 3. The van der Waals surface area contributed by atoms with Crippen LogP contribution in [0.15, 0.2) is 47.8 Å². The number of unbranched alkanes of at least 4 members (excludes halogenated alkanes) is 1. The fourth-order valence-corrected chi connectivity index (χ4v) is 5.12. The zero-order valence-corrected chi connectivity index (χ0v) is 22.8. The smallest absolute Gasteiger partial charge is 0.319 e.